The van der Waals surface area contributed by atoms with E-state index in [0.717, 1.165) is 50.2 Å². The summed E-state index contributed by atoms with van der Waals surface area (Å²) in [4.78, 5) is 30.7. The number of hydrogen-bond acceptors (Lipinski definition) is 6. The van der Waals surface area contributed by atoms with E-state index in [1.165, 1.54) is 19.1 Å². The number of nitrogens with one attached hydrogen (secondary N) is 2. The number of carbonyl (C=O) groups excluding carboxylic acids is 2. The summed E-state index contributed by atoms with van der Waals surface area (Å²) in [5.74, 6) is 1.29. The molecule has 0 radical (unpaired) electrons. The average Bonchev–Trinajstić information content (AvgIpc) is 2.79. The van der Waals surface area contributed by atoms with E-state index >= 15 is 0 Å². The number of ether oxygens (including phenoxy) is 2. The second-order valence-corrected chi connectivity index (χ2v) is 8.70. The van der Waals surface area contributed by atoms with Crippen LogP contribution in [0.1, 0.15) is 57.2 Å². The lowest BCUT2D eigenvalue weighted by Gasteiger charge is -2.35. The molecule has 0 saturated heterocycles. The van der Waals surface area contributed by atoms with E-state index < -0.39 is 12.0 Å². The zero-order chi connectivity index (χ0) is 22.9. The van der Waals surface area contributed by atoms with Crippen molar-refractivity contribution in [3.8, 4) is 0 Å². The maximum atomic E-state index is 12.3. The highest BCUT2D eigenvalue weighted by molar-refractivity contribution is 5.83. The highest BCUT2D eigenvalue weighted by Crippen LogP contribution is 2.34. The first-order valence-electron chi connectivity index (χ1n) is 12.0. The highest BCUT2D eigenvalue weighted by Gasteiger charge is 2.30. The van der Waals surface area contributed by atoms with Gasteiger partial charge < -0.3 is 25.0 Å². The molecule has 32 heavy (non-hydrogen) atoms. The lowest BCUT2D eigenvalue weighted by molar-refractivity contribution is -0.143. The Bertz CT molecular complexity index is 762. The Morgan fingerprint density at radius 1 is 1.28 bits per heavy atom. The second-order valence-electron chi connectivity index (χ2n) is 8.70. The summed E-state index contributed by atoms with van der Waals surface area (Å²) in [5, 5.41) is 6.17. The predicted octanol–water partition coefficient (Wildman–Crippen LogP) is 3.15. The number of esters is 1. The van der Waals surface area contributed by atoms with Crippen LogP contribution in [0.4, 0.5) is 10.6 Å². The molecule has 178 valence electrons. The second kappa shape index (κ2) is 12.0. The van der Waals surface area contributed by atoms with Crippen molar-refractivity contribution in [1.29, 1.82) is 0 Å². The van der Waals surface area contributed by atoms with Gasteiger partial charge in [0.25, 0.3) is 0 Å². The standard InChI is InChI=1S/C24H38N4O4/c1-4-28(5-2)24(30)27-21(23(29)31-3)12-14-32-20-15-17(16-20)8-10-19-11-9-18-7-6-13-25-22(18)26-19/h9,11,17,20-21H,4-8,10,12-16H2,1-3H3,(H,25,26)(H,27,30). The molecule has 8 heteroatoms. The van der Waals surface area contributed by atoms with Crippen LogP contribution in [0, 0.1) is 5.92 Å². The van der Waals surface area contributed by atoms with Gasteiger partial charge in [0, 0.05) is 38.4 Å². The lowest BCUT2D eigenvalue weighted by atomic mass is 9.79. The fraction of sp³-hybridized carbons (Fsp3) is 0.708. The van der Waals surface area contributed by atoms with E-state index in [4.69, 9.17) is 14.5 Å². The number of amides is 2. The largest absolute Gasteiger partial charge is 0.467 e. The number of rotatable bonds is 11. The van der Waals surface area contributed by atoms with Gasteiger partial charge in [0.15, 0.2) is 0 Å². The average molecular weight is 447 g/mol. The Morgan fingerprint density at radius 2 is 2.06 bits per heavy atom. The quantitative estimate of drug-likeness (QED) is 0.507. The van der Waals surface area contributed by atoms with Crippen LogP contribution in [0.2, 0.25) is 0 Å². The van der Waals surface area contributed by atoms with Crippen molar-refractivity contribution in [3.05, 3.63) is 23.4 Å². The van der Waals surface area contributed by atoms with Crippen LogP contribution in [0.3, 0.4) is 0 Å². The minimum Gasteiger partial charge on any atom is -0.467 e. The van der Waals surface area contributed by atoms with Gasteiger partial charge >= 0.3 is 12.0 Å². The molecular formula is C24H38N4O4. The normalized spacial score (nSPS) is 20.3. The van der Waals surface area contributed by atoms with E-state index in [-0.39, 0.29) is 12.1 Å². The van der Waals surface area contributed by atoms with Crippen molar-refractivity contribution in [3.63, 3.8) is 0 Å². The third-order valence-corrected chi connectivity index (χ3v) is 6.55. The number of fused-ring (bicyclic) bond motifs is 1. The molecule has 0 spiro atoms. The molecule has 1 unspecified atom stereocenters. The fourth-order valence-electron chi connectivity index (χ4n) is 4.40. The molecule has 2 amide bonds. The monoisotopic (exact) mass is 446 g/mol. The summed E-state index contributed by atoms with van der Waals surface area (Å²) >= 11 is 0. The zero-order valence-corrected chi connectivity index (χ0v) is 19.7. The number of pyridine rings is 1. The topological polar surface area (TPSA) is 92.8 Å². The number of carbonyl (C=O) groups is 2. The molecular weight excluding hydrogens is 408 g/mol. The van der Waals surface area contributed by atoms with Crippen LogP contribution in [-0.2, 0) is 27.1 Å². The number of aromatic nitrogens is 1. The number of hydrogen-bond donors (Lipinski definition) is 2. The van der Waals surface area contributed by atoms with Crippen LogP contribution < -0.4 is 10.6 Å². The molecule has 1 aliphatic carbocycles. The van der Waals surface area contributed by atoms with Gasteiger partial charge in [0.1, 0.15) is 11.9 Å². The maximum absolute atomic E-state index is 12.3. The van der Waals surface area contributed by atoms with E-state index in [1.54, 1.807) is 4.90 Å². The van der Waals surface area contributed by atoms with Gasteiger partial charge in [-0.05, 0) is 69.9 Å². The SMILES string of the molecule is CCN(CC)C(=O)NC(CCOC1CC(CCc2ccc3c(n2)NCCC3)C1)C(=O)OC. The Labute approximate surface area is 191 Å². The molecule has 0 bridgehead atoms. The molecule has 8 nitrogen and oxygen atoms in total. The number of urea groups is 1. The van der Waals surface area contributed by atoms with Gasteiger partial charge in [0.05, 0.1) is 13.2 Å². The van der Waals surface area contributed by atoms with E-state index in [1.807, 2.05) is 13.8 Å². The number of anilines is 1. The molecule has 1 saturated carbocycles. The van der Waals surface area contributed by atoms with Gasteiger partial charge in [-0.25, -0.2) is 14.6 Å². The number of aryl methyl sites for hydroxylation is 2. The molecule has 1 fully saturated rings. The molecule has 2 N–H and O–H groups in total. The van der Waals surface area contributed by atoms with Crippen LogP contribution in [-0.4, -0.2) is 67.4 Å². The first-order chi connectivity index (χ1) is 15.5. The van der Waals surface area contributed by atoms with Crippen molar-refractivity contribution >= 4 is 17.8 Å². The van der Waals surface area contributed by atoms with Gasteiger partial charge in [-0.15, -0.1) is 0 Å². The fourth-order valence-corrected chi connectivity index (χ4v) is 4.40. The Kier molecular flexibility index (Phi) is 9.14. The van der Waals surface area contributed by atoms with Crippen LogP contribution in [0.5, 0.6) is 0 Å². The van der Waals surface area contributed by atoms with Crippen LogP contribution >= 0.6 is 0 Å². The van der Waals surface area contributed by atoms with Crippen molar-refractivity contribution in [2.45, 2.75) is 70.9 Å². The van der Waals surface area contributed by atoms with E-state index in [0.29, 0.717) is 32.0 Å². The summed E-state index contributed by atoms with van der Waals surface area (Å²) in [7, 11) is 1.34. The number of nitrogens with zero attached hydrogens (tertiary/aromatic N) is 2. The van der Waals surface area contributed by atoms with Gasteiger partial charge in [-0.2, -0.15) is 0 Å². The smallest absolute Gasteiger partial charge is 0.328 e. The first-order valence-corrected chi connectivity index (χ1v) is 12.0. The molecule has 2 aliphatic rings. The Balaban J connectivity index is 1.34. The third-order valence-electron chi connectivity index (χ3n) is 6.55. The molecule has 2 heterocycles. The van der Waals surface area contributed by atoms with Gasteiger partial charge in [-0.1, -0.05) is 6.07 Å². The Morgan fingerprint density at radius 3 is 2.78 bits per heavy atom. The molecule has 0 aromatic carbocycles. The van der Waals surface area contributed by atoms with Gasteiger partial charge in [0.2, 0.25) is 0 Å². The van der Waals surface area contributed by atoms with Crippen LogP contribution in [0.15, 0.2) is 12.1 Å². The Hall–Kier alpha value is -2.35. The number of methoxy groups -OCH3 is 1. The van der Waals surface area contributed by atoms with E-state index in [9.17, 15) is 9.59 Å². The molecule has 3 rings (SSSR count). The van der Waals surface area contributed by atoms with Crippen molar-refractivity contribution in [2.75, 3.05) is 38.7 Å². The summed E-state index contributed by atoms with van der Waals surface area (Å²) in [5.41, 5.74) is 2.49. The lowest BCUT2D eigenvalue weighted by Crippen LogP contribution is -2.48. The molecule has 1 aromatic heterocycles. The highest BCUT2D eigenvalue weighted by atomic mass is 16.5. The summed E-state index contributed by atoms with van der Waals surface area (Å²) in [6.45, 7) is 6.44. The minimum absolute atomic E-state index is 0.231. The molecule has 1 aromatic rings. The third kappa shape index (κ3) is 6.58. The first kappa shape index (κ1) is 24.3. The van der Waals surface area contributed by atoms with Crippen molar-refractivity contribution < 1.29 is 19.1 Å². The minimum atomic E-state index is -0.687. The summed E-state index contributed by atoms with van der Waals surface area (Å²) in [6.07, 6.45) is 7.13. The zero-order valence-electron chi connectivity index (χ0n) is 19.7. The van der Waals surface area contributed by atoms with Crippen molar-refractivity contribution in [2.24, 2.45) is 5.92 Å². The summed E-state index contributed by atoms with van der Waals surface area (Å²) < 4.78 is 10.8. The molecule has 1 atom stereocenters. The van der Waals surface area contributed by atoms with Crippen LogP contribution in [0.25, 0.3) is 0 Å². The van der Waals surface area contributed by atoms with Crippen molar-refractivity contribution in [1.82, 2.24) is 15.2 Å². The predicted molar refractivity (Wildman–Crippen MR) is 124 cm³/mol. The van der Waals surface area contributed by atoms with Gasteiger partial charge in [-0.3, -0.25) is 0 Å². The summed E-state index contributed by atoms with van der Waals surface area (Å²) in [6, 6.07) is 3.44. The maximum Gasteiger partial charge on any atom is 0.328 e. The van der Waals surface area contributed by atoms with E-state index in [2.05, 4.69) is 22.8 Å². The molecule has 1 aliphatic heterocycles.